The van der Waals surface area contributed by atoms with Gasteiger partial charge in [-0.15, -0.1) is 0 Å². The zero-order valence-corrected chi connectivity index (χ0v) is 19.8. The van der Waals surface area contributed by atoms with Crippen molar-refractivity contribution < 1.29 is 23.9 Å². The maximum absolute atomic E-state index is 13.1. The Morgan fingerprint density at radius 3 is 2.47 bits per heavy atom. The summed E-state index contributed by atoms with van der Waals surface area (Å²) in [6, 6.07) is 15.4. The Kier molecular flexibility index (Phi) is 9.95. The lowest BCUT2D eigenvalue weighted by molar-refractivity contribution is -0.148. The number of carbonyl (C=O) groups excluding carboxylic acids is 3. The Morgan fingerprint density at radius 2 is 1.74 bits per heavy atom. The van der Waals surface area contributed by atoms with Crippen LogP contribution in [0.1, 0.15) is 61.4 Å². The van der Waals surface area contributed by atoms with Gasteiger partial charge in [0.2, 0.25) is 5.91 Å². The molecule has 0 bridgehead atoms. The van der Waals surface area contributed by atoms with Crippen molar-refractivity contribution >= 4 is 17.8 Å². The van der Waals surface area contributed by atoms with Crippen molar-refractivity contribution in [3.8, 4) is 5.75 Å². The molecular weight excluding hydrogens is 432 g/mol. The van der Waals surface area contributed by atoms with Crippen LogP contribution in [0.15, 0.2) is 54.6 Å². The van der Waals surface area contributed by atoms with E-state index in [0.29, 0.717) is 31.0 Å². The number of benzene rings is 2. The van der Waals surface area contributed by atoms with Crippen LogP contribution in [-0.2, 0) is 20.9 Å². The molecule has 1 saturated heterocycles. The first-order chi connectivity index (χ1) is 16.6. The number of unbranched alkanes of at least 4 members (excludes halogenated alkanes) is 4. The van der Waals surface area contributed by atoms with Crippen LogP contribution in [0.2, 0.25) is 0 Å². The molecule has 3 rings (SSSR count). The molecule has 7 heteroatoms. The van der Waals surface area contributed by atoms with Crippen LogP contribution in [0, 0.1) is 0 Å². The topological polar surface area (TPSA) is 84.9 Å². The quantitative estimate of drug-likeness (QED) is 0.376. The Hall–Kier alpha value is -3.35. The molecule has 1 fully saturated rings. The summed E-state index contributed by atoms with van der Waals surface area (Å²) in [6.07, 6.45) is 5.64. The van der Waals surface area contributed by atoms with E-state index >= 15 is 0 Å². The fourth-order valence-electron chi connectivity index (χ4n) is 3.87. The lowest BCUT2D eigenvalue weighted by Crippen LogP contribution is -2.57. The van der Waals surface area contributed by atoms with E-state index in [1.807, 2.05) is 30.3 Å². The molecule has 1 heterocycles. The van der Waals surface area contributed by atoms with Crippen molar-refractivity contribution in [1.29, 1.82) is 0 Å². The summed E-state index contributed by atoms with van der Waals surface area (Å²) in [4.78, 5) is 39.5. The van der Waals surface area contributed by atoms with Crippen LogP contribution in [0.4, 0.5) is 0 Å². The smallest absolute Gasteiger partial charge is 0.308 e. The summed E-state index contributed by atoms with van der Waals surface area (Å²) in [7, 11) is 0. The minimum absolute atomic E-state index is 0.127. The van der Waals surface area contributed by atoms with Gasteiger partial charge in [-0.05, 0) is 36.2 Å². The molecule has 34 heavy (non-hydrogen) atoms. The summed E-state index contributed by atoms with van der Waals surface area (Å²) >= 11 is 0. The monoisotopic (exact) mass is 466 g/mol. The average molecular weight is 467 g/mol. The molecule has 2 amide bonds. The zero-order chi connectivity index (χ0) is 24.2. The van der Waals surface area contributed by atoms with Gasteiger partial charge in [0.05, 0.1) is 13.0 Å². The molecule has 182 valence electrons. The number of carbonyl (C=O) groups is 3. The van der Waals surface area contributed by atoms with Gasteiger partial charge < -0.3 is 19.7 Å². The van der Waals surface area contributed by atoms with Crippen molar-refractivity contribution in [2.24, 2.45) is 0 Å². The first-order valence-electron chi connectivity index (χ1n) is 12.1. The normalized spacial score (nSPS) is 15.5. The second-order valence-electron chi connectivity index (χ2n) is 8.44. The molecule has 1 N–H and O–H groups in total. The molecule has 2 aromatic rings. The van der Waals surface area contributed by atoms with E-state index in [0.717, 1.165) is 18.4 Å². The molecular formula is C27H34N2O5. The summed E-state index contributed by atoms with van der Waals surface area (Å²) in [5.74, 6) is -0.447. The highest BCUT2D eigenvalue weighted by Crippen LogP contribution is 2.18. The molecule has 1 unspecified atom stereocenters. The van der Waals surface area contributed by atoms with Crippen LogP contribution in [0.3, 0.4) is 0 Å². The van der Waals surface area contributed by atoms with Crippen molar-refractivity contribution in [3.05, 3.63) is 65.7 Å². The van der Waals surface area contributed by atoms with E-state index in [2.05, 4.69) is 12.2 Å². The zero-order valence-electron chi connectivity index (χ0n) is 19.8. The van der Waals surface area contributed by atoms with Crippen molar-refractivity contribution in [1.82, 2.24) is 10.2 Å². The SMILES string of the molecule is CCCCCCCOc1ccc(C(=O)N2CCNC(=O)C2CC(=O)OCc2ccccc2)cc1. The molecule has 2 aromatic carbocycles. The molecule has 0 saturated carbocycles. The van der Waals surface area contributed by atoms with Gasteiger partial charge in [0, 0.05) is 18.7 Å². The van der Waals surface area contributed by atoms with E-state index in [4.69, 9.17) is 9.47 Å². The molecule has 0 spiro atoms. The van der Waals surface area contributed by atoms with E-state index in [-0.39, 0.29) is 24.8 Å². The first kappa shape index (κ1) is 25.3. The number of hydrogen-bond donors (Lipinski definition) is 1. The predicted molar refractivity (Wildman–Crippen MR) is 129 cm³/mol. The number of ether oxygens (including phenoxy) is 2. The van der Waals surface area contributed by atoms with Crippen LogP contribution in [0.5, 0.6) is 5.75 Å². The fourth-order valence-corrected chi connectivity index (χ4v) is 3.87. The third kappa shape index (κ3) is 7.61. The van der Waals surface area contributed by atoms with Crippen molar-refractivity contribution in [3.63, 3.8) is 0 Å². The molecule has 0 radical (unpaired) electrons. The molecule has 7 nitrogen and oxygen atoms in total. The minimum Gasteiger partial charge on any atom is -0.494 e. The van der Waals surface area contributed by atoms with Crippen LogP contribution in [0.25, 0.3) is 0 Å². The second kappa shape index (κ2) is 13.4. The van der Waals surface area contributed by atoms with Crippen LogP contribution in [-0.4, -0.2) is 48.4 Å². The van der Waals surface area contributed by atoms with Gasteiger partial charge in [0.1, 0.15) is 18.4 Å². The van der Waals surface area contributed by atoms with Gasteiger partial charge in [-0.3, -0.25) is 14.4 Å². The molecule has 1 atom stereocenters. The van der Waals surface area contributed by atoms with Gasteiger partial charge in [0.15, 0.2) is 0 Å². The summed E-state index contributed by atoms with van der Waals surface area (Å²) < 4.78 is 11.1. The number of piperazine rings is 1. The summed E-state index contributed by atoms with van der Waals surface area (Å²) in [5, 5.41) is 2.74. The minimum atomic E-state index is -0.899. The van der Waals surface area contributed by atoms with Gasteiger partial charge in [0.25, 0.3) is 5.91 Å². The third-order valence-corrected chi connectivity index (χ3v) is 5.81. The van der Waals surface area contributed by atoms with E-state index in [1.54, 1.807) is 24.3 Å². The van der Waals surface area contributed by atoms with Crippen LogP contribution >= 0.6 is 0 Å². The van der Waals surface area contributed by atoms with Crippen molar-refractivity contribution in [2.45, 2.75) is 58.1 Å². The first-order valence-corrected chi connectivity index (χ1v) is 12.1. The highest BCUT2D eigenvalue weighted by atomic mass is 16.5. The number of nitrogens with one attached hydrogen (secondary N) is 1. The average Bonchev–Trinajstić information content (AvgIpc) is 2.87. The second-order valence-corrected chi connectivity index (χ2v) is 8.44. The fraction of sp³-hybridized carbons (Fsp3) is 0.444. The molecule has 1 aliphatic heterocycles. The molecule has 0 aromatic heterocycles. The number of rotatable bonds is 12. The third-order valence-electron chi connectivity index (χ3n) is 5.81. The van der Waals surface area contributed by atoms with Gasteiger partial charge in [-0.1, -0.05) is 62.9 Å². The molecule has 1 aliphatic rings. The lowest BCUT2D eigenvalue weighted by Gasteiger charge is -2.34. The number of nitrogens with zero attached hydrogens (tertiary/aromatic N) is 1. The van der Waals surface area contributed by atoms with Gasteiger partial charge in [-0.2, -0.15) is 0 Å². The number of hydrogen-bond acceptors (Lipinski definition) is 5. The van der Waals surface area contributed by atoms with Gasteiger partial charge in [-0.25, -0.2) is 0 Å². The van der Waals surface area contributed by atoms with E-state index in [1.165, 1.54) is 24.2 Å². The maximum atomic E-state index is 13.1. The standard InChI is InChI=1S/C27H34N2O5/c1-2-3-4-5-9-18-33-23-14-12-22(13-15-23)27(32)29-17-16-28-26(31)24(29)19-25(30)34-20-21-10-7-6-8-11-21/h6-8,10-15,24H,2-5,9,16-20H2,1H3,(H,28,31). The predicted octanol–water partition coefficient (Wildman–Crippen LogP) is 4.11. The van der Waals surface area contributed by atoms with E-state index in [9.17, 15) is 14.4 Å². The Labute approximate surface area is 201 Å². The Bertz CT molecular complexity index is 930. The maximum Gasteiger partial charge on any atom is 0.308 e. The van der Waals surface area contributed by atoms with Crippen LogP contribution < -0.4 is 10.1 Å². The number of amides is 2. The molecule has 0 aliphatic carbocycles. The Balaban J connectivity index is 1.54. The summed E-state index contributed by atoms with van der Waals surface area (Å²) in [5.41, 5.74) is 1.31. The largest absolute Gasteiger partial charge is 0.494 e. The van der Waals surface area contributed by atoms with Crippen molar-refractivity contribution in [2.75, 3.05) is 19.7 Å². The number of esters is 1. The highest BCUT2D eigenvalue weighted by Gasteiger charge is 2.35. The lowest BCUT2D eigenvalue weighted by atomic mass is 10.1. The van der Waals surface area contributed by atoms with E-state index < -0.39 is 12.0 Å². The Morgan fingerprint density at radius 1 is 1.00 bits per heavy atom. The highest BCUT2D eigenvalue weighted by molar-refractivity contribution is 5.99. The summed E-state index contributed by atoms with van der Waals surface area (Å²) in [6.45, 7) is 3.64. The van der Waals surface area contributed by atoms with Gasteiger partial charge >= 0.3 is 5.97 Å².